The molecule has 182 valence electrons. The number of carbonyl (C=O) groups is 1. The third-order valence-electron chi connectivity index (χ3n) is 6.11. The van der Waals surface area contributed by atoms with Crippen molar-refractivity contribution in [2.75, 3.05) is 18.8 Å². The molecule has 1 aliphatic heterocycles. The van der Waals surface area contributed by atoms with E-state index in [1.54, 1.807) is 19.1 Å². The van der Waals surface area contributed by atoms with E-state index in [1.807, 2.05) is 30.3 Å². The van der Waals surface area contributed by atoms with Gasteiger partial charge in [-0.15, -0.1) is 0 Å². The number of imidazole rings is 1. The maximum atomic E-state index is 13.1. The highest BCUT2D eigenvalue weighted by molar-refractivity contribution is 7.89. The zero-order chi connectivity index (χ0) is 24.5. The van der Waals surface area contributed by atoms with Gasteiger partial charge in [0.15, 0.2) is 0 Å². The predicted molar refractivity (Wildman–Crippen MR) is 121 cm³/mol. The lowest BCUT2D eigenvalue weighted by molar-refractivity contribution is -0.144. The minimum atomic E-state index is -4.59. The van der Waals surface area contributed by atoms with Gasteiger partial charge in [0.2, 0.25) is 21.8 Å². The van der Waals surface area contributed by atoms with E-state index in [0.717, 1.165) is 5.56 Å². The number of rotatable bonds is 6. The minimum absolute atomic E-state index is 0.0199. The summed E-state index contributed by atoms with van der Waals surface area (Å²) in [6.45, 7) is 2.15. The first-order valence-electron chi connectivity index (χ1n) is 11.0. The summed E-state index contributed by atoms with van der Waals surface area (Å²) < 4.78 is 64.8. The standard InChI is InChI=1S/C23H25F3N4O3S/c1-2-34(32,33)30-12-10-16(11-13-30)21(31)29-20(15-6-4-3-5-7-15)17-8-9-18-19(14-17)28-22(27-18)23(24,25)26/h3-9,14,16,20H,2,10-13H2,1H3,(H,27,28)(H,29,31). The van der Waals surface area contributed by atoms with Crippen molar-refractivity contribution in [1.82, 2.24) is 19.6 Å². The molecule has 1 saturated heterocycles. The second kappa shape index (κ2) is 9.38. The Bertz CT molecular complexity index is 1270. The highest BCUT2D eigenvalue weighted by Crippen LogP contribution is 2.31. The largest absolute Gasteiger partial charge is 0.449 e. The number of halogens is 3. The number of sulfonamides is 1. The molecule has 0 spiro atoms. The van der Waals surface area contributed by atoms with Crippen LogP contribution in [0.5, 0.6) is 0 Å². The molecule has 2 aromatic carbocycles. The number of fused-ring (bicyclic) bond motifs is 1. The van der Waals surface area contributed by atoms with Gasteiger partial charge in [0.1, 0.15) is 0 Å². The molecule has 3 aromatic rings. The lowest BCUT2D eigenvalue weighted by Gasteiger charge is -2.31. The highest BCUT2D eigenvalue weighted by atomic mass is 32.2. The predicted octanol–water partition coefficient (Wildman–Crippen LogP) is 3.85. The zero-order valence-electron chi connectivity index (χ0n) is 18.5. The fraction of sp³-hybridized carbons (Fsp3) is 0.391. The molecule has 1 aliphatic rings. The molecular weight excluding hydrogens is 469 g/mol. The molecule has 11 heteroatoms. The number of nitrogens with one attached hydrogen (secondary N) is 2. The third kappa shape index (κ3) is 5.10. The SMILES string of the molecule is CCS(=O)(=O)N1CCC(C(=O)NC(c2ccccc2)c2ccc3nc(C(F)(F)F)[nH]c3c2)CC1. The summed E-state index contributed by atoms with van der Waals surface area (Å²) in [5.41, 5.74) is 1.78. The highest BCUT2D eigenvalue weighted by Gasteiger charge is 2.35. The van der Waals surface area contributed by atoms with E-state index in [4.69, 9.17) is 0 Å². The van der Waals surface area contributed by atoms with Gasteiger partial charge in [0.05, 0.1) is 22.8 Å². The first-order valence-corrected chi connectivity index (χ1v) is 12.6. The molecule has 7 nitrogen and oxygen atoms in total. The molecule has 0 bridgehead atoms. The van der Waals surface area contributed by atoms with Crippen LogP contribution in [-0.4, -0.2) is 47.4 Å². The Kier molecular flexibility index (Phi) is 6.68. The van der Waals surface area contributed by atoms with Gasteiger partial charge in [-0.05, 0) is 43.0 Å². The number of hydrogen-bond acceptors (Lipinski definition) is 4. The number of amides is 1. The lowest BCUT2D eigenvalue weighted by Crippen LogP contribution is -2.44. The molecule has 0 aliphatic carbocycles. The van der Waals surface area contributed by atoms with Gasteiger partial charge in [0.25, 0.3) is 0 Å². The van der Waals surface area contributed by atoms with Gasteiger partial charge in [-0.3, -0.25) is 4.79 Å². The molecule has 2 N–H and O–H groups in total. The molecule has 1 fully saturated rings. The van der Waals surface area contributed by atoms with Crippen molar-refractivity contribution in [3.05, 3.63) is 65.5 Å². The number of aromatic amines is 1. The zero-order valence-corrected chi connectivity index (χ0v) is 19.3. The molecule has 1 atom stereocenters. The fourth-order valence-electron chi connectivity index (χ4n) is 4.18. The van der Waals surface area contributed by atoms with Crippen molar-refractivity contribution < 1.29 is 26.4 Å². The summed E-state index contributed by atoms with van der Waals surface area (Å²) in [5, 5.41) is 3.03. The monoisotopic (exact) mass is 494 g/mol. The summed E-state index contributed by atoms with van der Waals surface area (Å²) in [5.74, 6) is -1.63. The molecule has 4 rings (SSSR count). The first-order chi connectivity index (χ1) is 16.1. The number of benzene rings is 2. The van der Waals surface area contributed by atoms with Crippen molar-refractivity contribution in [3.63, 3.8) is 0 Å². The summed E-state index contributed by atoms with van der Waals surface area (Å²) in [6, 6.07) is 13.3. The smallest absolute Gasteiger partial charge is 0.345 e. The summed E-state index contributed by atoms with van der Waals surface area (Å²) >= 11 is 0. The number of hydrogen-bond donors (Lipinski definition) is 2. The molecule has 1 aromatic heterocycles. The molecule has 0 saturated carbocycles. The van der Waals surface area contributed by atoms with Gasteiger partial charge < -0.3 is 10.3 Å². The van der Waals surface area contributed by atoms with Crippen LogP contribution in [-0.2, 0) is 21.0 Å². The maximum Gasteiger partial charge on any atom is 0.449 e. The van der Waals surface area contributed by atoms with E-state index in [2.05, 4.69) is 15.3 Å². The van der Waals surface area contributed by atoms with Gasteiger partial charge in [-0.1, -0.05) is 36.4 Å². The van der Waals surface area contributed by atoms with Crippen molar-refractivity contribution in [2.45, 2.75) is 32.0 Å². The van der Waals surface area contributed by atoms with Crippen LogP contribution in [0.2, 0.25) is 0 Å². The van der Waals surface area contributed by atoms with Crippen LogP contribution < -0.4 is 5.32 Å². The van der Waals surface area contributed by atoms with Gasteiger partial charge in [-0.25, -0.2) is 17.7 Å². The molecule has 1 amide bonds. The van der Waals surface area contributed by atoms with E-state index < -0.39 is 28.1 Å². The van der Waals surface area contributed by atoms with Gasteiger partial charge in [0, 0.05) is 19.0 Å². The first kappa shape index (κ1) is 24.2. The van der Waals surface area contributed by atoms with E-state index in [-0.39, 0.29) is 41.7 Å². The van der Waals surface area contributed by atoms with Crippen molar-refractivity contribution in [2.24, 2.45) is 5.92 Å². The Balaban J connectivity index is 1.58. The van der Waals surface area contributed by atoms with Crippen LogP contribution in [0.25, 0.3) is 11.0 Å². The van der Waals surface area contributed by atoms with Crippen molar-refractivity contribution >= 4 is 27.0 Å². The normalized spacial score (nSPS) is 17.1. The molecule has 1 unspecified atom stereocenters. The summed E-state index contributed by atoms with van der Waals surface area (Å²) in [6.07, 6.45) is -3.78. The number of alkyl halides is 3. The number of carbonyl (C=O) groups excluding carboxylic acids is 1. The second-order valence-corrected chi connectivity index (χ2v) is 10.5. The average Bonchev–Trinajstić information content (AvgIpc) is 3.27. The van der Waals surface area contributed by atoms with Crippen LogP contribution in [0.1, 0.15) is 42.8 Å². The number of aromatic nitrogens is 2. The summed E-state index contributed by atoms with van der Waals surface area (Å²) in [4.78, 5) is 19.0. The van der Waals surface area contributed by atoms with Gasteiger partial charge >= 0.3 is 6.18 Å². The van der Waals surface area contributed by atoms with Crippen LogP contribution in [0.3, 0.4) is 0 Å². The van der Waals surface area contributed by atoms with Gasteiger partial charge in [-0.2, -0.15) is 13.2 Å². The minimum Gasteiger partial charge on any atom is -0.345 e. The number of H-pyrrole nitrogens is 1. The number of piperidine rings is 1. The Morgan fingerprint density at radius 1 is 1.15 bits per heavy atom. The Morgan fingerprint density at radius 3 is 2.44 bits per heavy atom. The fourth-order valence-corrected chi connectivity index (χ4v) is 5.32. The van der Waals surface area contributed by atoms with E-state index in [1.165, 1.54) is 10.4 Å². The van der Waals surface area contributed by atoms with Crippen molar-refractivity contribution in [1.29, 1.82) is 0 Å². The molecular formula is C23H25F3N4O3S. The van der Waals surface area contributed by atoms with E-state index in [9.17, 15) is 26.4 Å². The van der Waals surface area contributed by atoms with E-state index >= 15 is 0 Å². The third-order valence-corrected chi connectivity index (χ3v) is 7.99. The quantitative estimate of drug-likeness (QED) is 0.544. The van der Waals surface area contributed by atoms with Crippen LogP contribution >= 0.6 is 0 Å². The van der Waals surface area contributed by atoms with Crippen molar-refractivity contribution in [3.8, 4) is 0 Å². The Labute approximate surface area is 195 Å². The van der Waals surface area contributed by atoms with E-state index in [0.29, 0.717) is 18.4 Å². The lowest BCUT2D eigenvalue weighted by atomic mass is 9.94. The topological polar surface area (TPSA) is 95.2 Å². The number of nitrogens with zero attached hydrogens (tertiary/aromatic N) is 2. The molecule has 2 heterocycles. The summed E-state index contributed by atoms with van der Waals surface area (Å²) in [7, 11) is -3.30. The molecule has 34 heavy (non-hydrogen) atoms. The second-order valence-electron chi connectivity index (χ2n) is 8.29. The van der Waals surface area contributed by atoms with Crippen LogP contribution in [0.4, 0.5) is 13.2 Å². The van der Waals surface area contributed by atoms with Crippen LogP contribution in [0.15, 0.2) is 48.5 Å². The average molecular weight is 495 g/mol. The maximum absolute atomic E-state index is 13.1. The Hall–Kier alpha value is -2.92. The molecule has 0 radical (unpaired) electrons. The van der Waals surface area contributed by atoms with Crippen LogP contribution in [0, 0.1) is 5.92 Å². The Morgan fingerprint density at radius 2 is 1.82 bits per heavy atom.